The molecule has 0 unspecified atom stereocenters. The number of benzene rings is 1. The van der Waals surface area contributed by atoms with Gasteiger partial charge in [0.05, 0.1) is 6.26 Å². The first-order valence-electron chi connectivity index (χ1n) is 4.39. The van der Waals surface area contributed by atoms with Gasteiger partial charge in [-0.15, -0.1) is 0 Å². The molecule has 1 heterocycles. The van der Waals surface area contributed by atoms with Crippen molar-refractivity contribution in [3.8, 4) is 5.75 Å². The summed E-state index contributed by atoms with van der Waals surface area (Å²) in [5.41, 5.74) is 0. The number of hydrogen-bond donors (Lipinski definition) is 0. The summed E-state index contributed by atoms with van der Waals surface area (Å²) in [4.78, 5) is 0. The van der Waals surface area contributed by atoms with Gasteiger partial charge in [0.25, 0.3) is 0 Å². The van der Waals surface area contributed by atoms with Crippen LogP contribution in [-0.2, 0) is 4.74 Å². The minimum absolute atomic E-state index is 0.430. The Labute approximate surface area is 97.5 Å². The van der Waals surface area contributed by atoms with Crippen LogP contribution >= 0.6 is 23.4 Å². The van der Waals surface area contributed by atoms with Crippen LogP contribution in [0.3, 0.4) is 0 Å². The van der Waals surface area contributed by atoms with Crippen LogP contribution in [-0.4, -0.2) is 6.61 Å². The summed E-state index contributed by atoms with van der Waals surface area (Å²) in [7, 11) is 0. The van der Waals surface area contributed by atoms with Crippen LogP contribution in [0.2, 0.25) is 5.02 Å². The molecule has 2 nitrogen and oxygen atoms in total. The molecule has 0 aliphatic carbocycles. The summed E-state index contributed by atoms with van der Waals surface area (Å²) in [5.74, 6) is 1.58. The number of rotatable bonds is 3. The Morgan fingerprint density at radius 3 is 2.73 bits per heavy atom. The minimum Gasteiger partial charge on any atom is -0.486 e. The first-order chi connectivity index (χ1) is 7.34. The van der Waals surface area contributed by atoms with Gasteiger partial charge in [-0.05, 0) is 24.3 Å². The molecule has 0 aromatic heterocycles. The average Bonchev–Trinajstić information content (AvgIpc) is 2.30. The van der Waals surface area contributed by atoms with Gasteiger partial charge in [0, 0.05) is 15.8 Å². The summed E-state index contributed by atoms with van der Waals surface area (Å²) >= 11 is 7.33. The van der Waals surface area contributed by atoms with Crippen LogP contribution in [0.1, 0.15) is 0 Å². The van der Waals surface area contributed by atoms with Crippen LogP contribution in [0.25, 0.3) is 0 Å². The lowest BCUT2D eigenvalue weighted by molar-refractivity contribution is 0.250. The van der Waals surface area contributed by atoms with E-state index in [1.54, 1.807) is 30.2 Å². The summed E-state index contributed by atoms with van der Waals surface area (Å²) in [5, 5.41) is 4.48. The Hall–Kier alpha value is -1.06. The van der Waals surface area contributed by atoms with Crippen molar-refractivity contribution in [3.63, 3.8) is 0 Å². The van der Waals surface area contributed by atoms with E-state index < -0.39 is 0 Å². The normalized spacial score (nSPS) is 14.3. The fraction of sp³-hybridized carbons (Fsp3) is 0.0909. The third-order valence-electron chi connectivity index (χ3n) is 1.75. The Balaban J connectivity index is 1.87. The molecule has 0 saturated heterocycles. The fourth-order valence-corrected chi connectivity index (χ4v) is 1.64. The molecule has 0 atom stereocenters. The summed E-state index contributed by atoms with van der Waals surface area (Å²) in [6, 6.07) is 7.24. The lowest BCUT2D eigenvalue weighted by atomic mass is 10.3. The summed E-state index contributed by atoms with van der Waals surface area (Å²) < 4.78 is 10.7. The summed E-state index contributed by atoms with van der Waals surface area (Å²) in [6.07, 6.45) is 1.64. The van der Waals surface area contributed by atoms with Crippen LogP contribution in [0.15, 0.2) is 47.1 Å². The van der Waals surface area contributed by atoms with Gasteiger partial charge in [-0.1, -0.05) is 23.4 Å². The van der Waals surface area contributed by atoms with Gasteiger partial charge >= 0.3 is 0 Å². The van der Waals surface area contributed by atoms with Crippen molar-refractivity contribution in [1.82, 2.24) is 0 Å². The molecule has 1 aromatic rings. The van der Waals surface area contributed by atoms with Crippen molar-refractivity contribution in [2.75, 3.05) is 6.61 Å². The quantitative estimate of drug-likeness (QED) is 0.801. The highest BCUT2D eigenvalue weighted by Gasteiger charge is 2.02. The second kappa shape index (κ2) is 5.14. The SMILES string of the molecule is Clc1ccc(OCC2=CSC=CO2)cc1. The second-order valence-electron chi connectivity index (χ2n) is 2.85. The lowest BCUT2D eigenvalue weighted by Crippen LogP contribution is -2.03. The van der Waals surface area contributed by atoms with Gasteiger partial charge in [0.1, 0.15) is 18.1 Å². The average molecular weight is 241 g/mol. The maximum Gasteiger partial charge on any atom is 0.147 e. The van der Waals surface area contributed by atoms with Gasteiger partial charge in [0.2, 0.25) is 0 Å². The number of halogens is 1. The second-order valence-corrected chi connectivity index (χ2v) is 4.07. The van der Waals surface area contributed by atoms with Gasteiger partial charge < -0.3 is 9.47 Å². The Kier molecular flexibility index (Phi) is 3.59. The highest BCUT2D eigenvalue weighted by atomic mass is 35.5. The molecule has 1 aliphatic heterocycles. The molecule has 0 saturated carbocycles. The van der Waals surface area contributed by atoms with Crippen molar-refractivity contribution >= 4 is 23.4 Å². The zero-order valence-electron chi connectivity index (χ0n) is 7.85. The van der Waals surface area contributed by atoms with Gasteiger partial charge in [0.15, 0.2) is 0 Å². The monoisotopic (exact) mass is 240 g/mol. The number of hydrogen-bond acceptors (Lipinski definition) is 3. The van der Waals surface area contributed by atoms with E-state index in [1.165, 1.54) is 0 Å². The van der Waals surface area contributed by atoms with Crippen molar-refractivity contribution in [2.45, 2.75) is 0 Å². The predicted octanol–water partition coefficient (Wildman–Crippen LogP) is 3.79. The molecule has 0 bridgehead atoms. The molecule has 1 aliphatic rings. The third-order valence-corrected chi connectivity index (χ3v) is 2.67. The molecule has 0 radical (unpaired) electrons. The van der Waals surface area contributed by atoms with E-state index in [1.807, 2.05) is 22.9 Å². The van der Waals surface area contributed by atoms with Gasteiger partial charge in [-0.3, -0.25) is 0 Å². The molecule has 15 heavy (non-hydrogen) atoms. The Morgan fingerprint density at radius 2 is 2.07 bits per heavy atom. The number of thioether (sulfide) groups is 1. The molecular formula is C11H9ClO2S. The molecule has 2 rings (SSSR count). The first kappa shape index (κ1) is 10.5. The van der Waals surface area contributed by atoms with Crippen LogP contribution in [0.4, 0.5) is 0 Å². The van der Waals surface area contributed by atoms with E-state index in [0.717, 1.165) is 11.5 Å². The maximum absolute atomic E-state index is 5.76. The molecule has 0 fully saturated rings. The van der Waals surface area contributed by atoms with E-state index in [4.69, 9.17) is 21.1 Å². The van der Waals surface area contributed by atoms with Crippen LogP contribution in [0, 0.1) is 0 Å². The van der Waals surface area contributed by atoms with Gasteiger partial charge in [-0.25, -0.2) is 0 Å². The van der Waals surface area contributed by atoms with Crippen molar-refractivity contribution in [2.24, 2.45) is 0 Å². The largest absolute Gasteiger partial charge is 0.486 e. The van der Waals surface area contributed by atoms with E-state index in [0.29, 0.717) is 11.6 Å². The molecule has 1 aromatic carbocycles. The molecule has 4 heteroatoms. The van der Waals surface area contributed by atoms with Crippen molar-refractivity contribution < 1.29 is 9.47 Å². The third kappa shape index (κ3) is 3.22. The smallest absolute Gasteiger partial charge is 0.147 e. The van der Waals surface area contributed by atoms with Crippen LogP contribution < -0.4 is 4.74 Å². The first-order valence-corrected chi connectivity index (χ1v) is 5.71. The minimum atomic E-state index is 0.430. The van der Waals surface area contributed by atoms with E-state index in [-0.39, 0.29) is 0 Å². The van der Waals surface area contributed by atoms with Crippen LogP contribution in [0.5, 0.6) is 5.75 Å². The van der Waals surface area contributed by atoms with Crippen molar-refractivity contribution in [3.05, 3.63) is 52.1 Å². The highest BCUT2D eigenvalue weighted by molar-refractivity contribution is 8.04. The Bertz CT molecular complexity index is 384. The molecular weight excluding hydrogens is 232 g/mol. The van der Waals surface area contributed by atoms with E-state index >= 15 is 0 Å². The Morgan fingerprint density at radius 1 is 1.27 bits per heavy atom. The zero-order valence-corrected chi connectivity index (χ0v) is 9.42. The molecule has 78 valence electrons. The standard InChI is InChI=1S/C11H9ClO2S/c12-9-1-3-10(4-2-9)14-7-11-8-15-6-5-13-11/h1-6,8H,7H2. The zero-order chi connectivity index (χ0) is 10.5. The highest BCUT2D eigenvalue weighted by Crippen LogP contribution is 2.19. The fourth-order valence-electron chi connectivity index (χ4n) is 1.04. The molecule has 0 N–H and O–H groups in total. The molecule has 0 spiro atoms. The predicted molar refractivity (Wildman–Crippen MR) is 62.8 cm³/mol. The van der Waals surface area contributed by atoms with Crippen molar-refractivity contribution in [1.29, 1.82) is 0 Å². The topological polar surface area (TPSA) is 18.5 Å². The van der Waals surface area contributed by atoms with Gasteiger partial charge in [-0.2, -0.15) is 0 Å². The number of ether oxygens (including phenoxy) is 2. The summed E-state index contributed by atoms with van der Waals surface area (Å²) in [6.45, 7) is 0.430. The molecule has 0 amide bonds. The van der Waals surface area contributed by atoms with E-state index in [2.05, 4.69) is 0 Å². The maximum atomic E-state index is 5.76. The lowest BCUT2D eigenvalue weighted by Gasteiger charge is -2.10. The van der Waals surface area contributed by atoms with E-state index in [9.17, 15) is 0 Å².